The first-order valence-electron chi connectivity index (χ1n) is 6.26. The summed E-state index contributed by atoms with van der Waals surface area (Å²) >= 11 is 2.24. The molecule has 0 saturated heterocycles. The van der Waals surface area contributed by atoms with Crippen LogP contribution in [0.2, 0.25) is 25.7 Å². The Kier molecular flexibility index (Phi) is 4.80. The van der Waals surface area contributed by atoms with Crippen LogP contribution in [0.1, 0.15) is 0 Å². The predicted octanol–water partition coefficient (Wildman–Crippen LogP) is 2.99. The van der Waals surface area contributed by atoms with Gasteiger partial charge in [0.25, 0.3) is 0 Å². The van der Waals surface area contributed by atoms with Crippen LogP contribution in [0.5, 0.6) is 0 Å². The van der Waals surface area contributed by atoms with Crippen LogP contribution in [0.3, 0.4) is 0 Å². The summed E-state index contributed by atoms with van der Waals surface area (Å²) in [5, 5.41) is 8.56. The quantitative estimate of drug-likeness (QED) is 0.433. The first-order valence-corrected chi connectivity index (χ1v) is 11.0. The molecule has 2 rings (SSSR count). The Hall–Kier alpha value is -0.673. The summed E-state index contributed by atoms with van der Waals surface area (Å²) in [6.07, 6.45) is 5.56. The van der Waals surface area contributed by atoms with E-state index < -0.39 is 8.07 Å². The maximum atomic E-state index is 5.72. The van der Waals surface area contributed by atoms with E-state index in [0.717, 1.165) is 16.0 Å². The summed E-state index contributed by atoms with van der Waals surface area (Å²) in [6.45, 7) is 8.32. The van der Waals surface area contributed by atoms with Gasteiger partial charge in [0.05, 0.1) is 16.0 Å². The van der Waals surface area contributed by atoms with Crippen LogP contribution in [0.25, 0.3) is 5.82 Å². The van der Waals surface area contributed by atoms with Crippen LogP contribution in [0.4, 0.5) is 0 Å². The van der Waals surface area contributed by atoms with E-state index in [1.54, 1.807) is 6.20 Å². The van der Waals surface area contributed by atoms with Gasteiger partial charge in [0.2, 0.25) is 0 Å². The van der Waals surface area contributed by atoms with Crippen LogP contribution in [0.15, 0.2) is 24.7 Å². The lowest BCUT2D eigenvalue weighted by atomic mass is 10.6. The lowest BCUT2D eigenvalue weighted by molar-refractivity contribution is 0.0781. The largest absolute Gasteiger partial charge is 0.359 e. The first-order chi connectivity index (χ1) is 8.96. The standard InChI is InChI=1S/C12H19IN4OSi/c1-19(2,3)7-6-18-10-17-12(4-5-14-17)16-9-11(13)8-15-16/h4-5,8-9H,6-7,10H2,1-3H3. The third kappa shape index (κ3) is 4.43. The van der Waals surface area contributed by atoms with E-state index in [1.807, 2.05) is 27.8 Å². The monoisotopic (exact) mass is 390 g/mol. The van der Waals surface area contributed by atoms with Gasteiger partial charge in [0.1, 0.15) is 6.73 Å². The van der Waals surface area contributed by atoms with Crippen molar-refractivity contribution < 1.29 is 4.74 Å². The molecular weight excluding hydrogens is 371 g/mol. The summed E-state index contributed by atoms with van der Waals surface area (Å²) in [4.78, 5) is 0. The van der Waals surface area contributed by atoms with Gasteiger partial charge in [-0.25, -0.2) is 9.36 Å². The normalized spacial score (nSPS) is 12.0. The summed E-state index contributed by atoms with van der Waals surface area (Å²) in [6, 6.07) is 3.11. The molecule has 2 aromatic heterocycles. The fourth-order valence-corrected chi connectivity index (χ4v) is 2.72. The summed E-state index contributed by atoms with van der Waals surface area (Å²) in [5.74, 6) is 0.927. The molecule has 0 fully saturated rings. The van der Waals surface area contributed by atoms with Gasteiger partial charge in [0.15, 0.2) is 5.82 Å². The van der Waals surface area contributed by atoms with Gasteiger partial charge in [-0.15, -0.1) is 0 Å². The van der Waals surface area contributed by atoms with Crippen LogP contribution in [0, 0.1) is 3.57 Å². The summed E-state index contributed by atoms with van der Waals surface area (Å²) < 4.78 is 10.5. The van der Waals surface area contributed by atoms with Crippen molar-refractivity contribution in [2.75, 3.05) is 6.61 Å². The van der Waals surface area contributed by atoms with Crippen molar-refractivity contribution in [3.05, 3.63) is 28.2 Å². The van der Waals surface area contributed by atoms with Gasteiger partial charge >= 0.3 is 0 Å². The highest BCUT2D eigenvalue weighted by molar-refractivity contribution is 14.1. The molecule has 2 heterocycles. The number of halogens is 1. The van der Waals surface area contributed by atoms with E-state index >= 15 is 0 Å². The van der Waals surface area contributed by atoms with Gasteiger partial charge in [0, 0.05) is 26.9 Å². The molecule has 7 heteroatoms. The highest BCUT2D eigenvalue weighted by Gasteiger charge is 2.12. The van der Waals surface area contributed by atoms with Gasteiger partial charge in [-0.3, -0.25) is 0 Å². The Balaban J connectivity index is 1.93. The Morgan fingerprint density at radius 2 is 2.11 bits per heavy atom. The minimum absolute atomic E-state index is 0.475. The van der Waals surface area contributed by atoms with Crippen LogP contribution in [-0.2, 0) is 11.5 Å². The molecule has 0 aliphatic rings. The first kappa shape index (κ1) is 14.7. The van der Waals surface area contributed by atoms with Crippen molar-refractivity contribution in [3.63, 3.8) is 0 Å². The molecular formula is C12H19IN4OSi. The highest BCUT2D eigenvalue weighted by atomic mass is 127. The van der Waals surface area contributed by atoms with Gasteiger partial charge in [-0.1, -0.05) is 19.6 Å². The number of rotatable bonds is 6. The van der Waals surface area contributed by atoms with E-state index in [2.05, 4.69) is 52.4 Å². The van der Waals surface area contributed by atoms with Crippen molar-refractivity contribution in [1.82, 2.24) is 19.6 Å². The molecule has 19 heavy (non-hydrogen) atoms. The maximum Gasteiger partial charge on any atom is 0.154 e. The number of hydrogen-bond donors (Lipinski definition) is 0. The Bertz CT molecular complexity index is 532. The molecule has 0 atom stereocenters. The fourth-order valence-electron chi connectivity index (χ4n) is 1.58. The molecule has 5 nitrogen and oxygen atoms in total. The number of aromatic nitrogens is 4. The zero-order valence-electron chi connectivity index (χ0n) is 11.5. The average molecular weight is 390 g/mol. The Labute approximate surface area is 128 Å². The SMILES string of the molecule is C[Si](C)(C)CCOCn1nccc1-n1cc(I)cn1. The molecule has 0 unspecified atom stereocenters. The van der Waals surface area contributed by atoms with Crippen molar-refractivity contribution in [2.45, 2.75) is 32.4 Å². The third-order valence-corrected chi connectivity index (χ3v) is 4.95. The Morgan fingerprint density at radius 3 is 2.74 bits per heavy atom. The molecule has 0 bridgehead atoms. The molecule has 2 aromatic rings. The lowest BCUT2D eigenvalue weighted by Crippen LogP contribution is -2.22. The molecule has 0 aliphatic heterocycles. The Morgan fingerprint density at radius 1 is 1.32 bits per heavy atom. The highest BCUT2D eigenvalue weighted by Crippen LogP contribution is 2.11. The minimum Gasteiger partial charge on any atom is -0.359 e. The van der Waals surface area contributed by atoms with Crippen molar-refractivity contribution in [2.24, 2.45) is 0 Å². The van der Waals surface area contributed by atoms with Crippen LogP contribution >= 0.6 is 22.6 Å². The van der Waals surface area contributed by atoms with E-state index in [4.69, 9.17) is 4.74 Å². The molecule has 0 radical (unpaired) electrons. The van der Waals surface area contributed by atoms with E-state index in [9.17, 15) is 0 Å². The number of hydrogen-bond acceptors (Lipinski definition) is 3. The number of nitrogens with zero attached hydrogens (tertiary/aromatic N) is 4. The topological polar surface area (TPSA) is 44.9 Å². The molecule has 104 valence electrons. The molecule has 0 saturated carbocycles. The van der Waals surface area contributed by atoms with Gasteiger partial charge < -0.3 is 4.74 Å². The summed E-state index contributed by atoms with van der Waals surface area (Å²) in [5.41, 5.74) is 0. The average Bonchev–Trinajstić information content (AvgIpc) is 2.91. The second-order valence-corrected chi connectivity index (χ2v) is 12.5. The zero-order chi connectivity index (χ0) is 13.9. The van der Waals surface area contributed by atoms with Crippen molar-refractivity contribution in [3.8, 4) is 5.82 Å². The molecule has 0 aliphatic carbocycles. The lowest BCUT2D eigenvalue weighted by Gasteiger charge is -2.15. The second kappa shape index (κ2) is 6.19. The van der Waals surface area contributed by atoms with E-state index in [0.29, 0.717) is 6.73 Å². The zero-order valence-corrected chi connectivity index (χ0v) is 14.7. The second-order valence-electron chi connectivity index (χ2n) is 5.64. The summed E-state index contributed by atoms with van der Waals surface area (Å²) in [7, 11) is -1.03. The van der Waals surface area contributed by atoms with E-state index in [-0.39, 0.29) is 0 Å². The number of ether oxygens (including phenoxy) is 1. The maximum absolute atomic E-state index is 5.72. The third-order valence-electron chi connectivity index (χ3n) is 2.69. The van der Waals surface area contributed by atoms with Gasteiger partial charge in [-0.2, -0.15) is 10.2 Å². The molecule has 0 N–H and O–H groups in total. The molecule has 0 aromatic carbocycles. The van der Waals surface area contributed by atoms with Crippen molar-refractivity contribution >= 4 is 30.7 Å². The fraction of sp³-hybridized carbons (Fsp3) is 0.500. The van der Waals surface area contributed by atoms with Crippen LogP contribution in [-0.4, -0.2) is 34.2 Å². The molecule has 0 spiro atoms. The predicted molar refractivity (Wildman–Crippen MR) is 86.2 cm³/mol. The van der Waals surface area contributed by atoms with Crippen LogP contribution < -0.4 is 0 Å². The van der Waals surface area contributed by atoms with E-state index in [1.165, 1.54) is 6.04 Å². The van der Waals surface area contributed by atoms with Crippen molar-refractivity contribution in [1.29, 1.82) is 0 Å². The smallest absolute Gasteiger partial charge is 0.154 e. The van der Waals surface area contributed by atoms with Gasteiger partial charge in [-0.05, 0) is 28.6 Å². The minimum atomic E-state index is -1.03. The molecule has 0 amide bonds.